The molecule has 0 saturated heterocycles. The van der Waals surface area contributed by atoms with Crippen LogP contribution in [-0.2, 0) is 0 Å². The quantitative estimate of drug-likeness (QED) is 0.525. The van der Waals surface area contributed by atoms with Gasteiger partial charge in [0.15, 0.2) is 0 Å². The van der Waals surface area contributed by atoms with Gasteiger partial charge in [0.05, 0.1) is 12.1 Å². The van der Waals surface area contributed by atoms with Crippen LogP contribution < -0.4 is 0 Å². The lowest BCUT2D eigenvalue weighted by Crippen LogP contribution is -2.07. The minimum atomic E-state index is 0.690. The fourth-order valence-corrected chi connectivity index (χ4v) is 1.60. The number of halogens is 1. The normalized spacial score (nSPS) is 17.6. The lowest BCUT2D eigenvalue weighted by molar-refractivity contribution is -0.00621. The standard InChI is InChI=1S/C12H10ClN3/c13-9-1-3-10(4-2-9)15-11-5-7-12(16-14)8-6-11/h1-5,7H,6,8H2. The average molecular weight is 232 g/mol. The Hall–Kier alpha value is -1.70. The summed E-state index contributed by atoms with van der Waals surface area (Å²) in [5, 5.41) is 0.706. The van der Waals surface area contributed by atoms with E-state index >= 15 is 0 Å². The van der Waals surface area contributed by atoms with E-state index in [1.54, 1.807) is 6.08 Å². The van der Waals surface area contributed by atoms with Crippen molar-refractivity contribution < 1.29 is 4.79 Å². The number of benzene rings is 1. The first-order chi connectivity index (χ1) is 7.78. The molecule has 0 atom stereocenters. The Bertz CT molecular complexity index is 494. The van der Waals surface area contributed by atoms with E-state index in [2.05, 4.69) is 9.78 Å². The molecule has 0 N–H and O–H groups in total. The molecule has 0 amide bonds. The molecule has 1 aliphatic rings. The van der Waals surface area contributed by atoms with E-state index in [0.29, 0.717) is 10.7 Å². The molecule has 0 heterocycles. The summed E-state index contributed by atoms with van der Waals surface area (Å²) in [7, 11) is 0. The maximum atomic E-state index is 8.58. The second-order valence-electron chi connectivity index (χ2n) is 3.50. The Morgan fingerprint density at radius 1 is 1.12 bits per heavy atom. The molecule has 0 spiro atoms. The van der Waals surface area contributed by atoms with E-state index in [1.807, 2.05) is 30.3 Å². The third kappa shape index (κ3) is 2.66. The van der Waals surface area contributed by atoms with Gasteiger partial charge >= 0.3 is 0 Å². The van der Waals surface area contributed by atoms with Crippen molar-refractivity contribution in [1.29, 1.82) is 0 Å². The maximum absolute atomic E-state index is 8.58. The van der Waals surface area contributed by atoms with E-state index in [1.165, 1.54) is 0 Å². The second-order valence-corrected chi connectivity index (χ2v) is 3.94. The molecule has 1 aromatic rings. The van der Waals surface area contributed by atoms with Gasteiger partial charge in [-0.25, -0.2) is 0 Å². The van der Waals surface area contributed by atoms with Crippen LogP contribution in [0, 0.1) is 0 Å². The molecule has 2 rings (SSSR count). The van der Waals surface area contributed by atoms with Crippen LogP contribution in [-0.4, -0.2) is 16.2 Å². The number of rotatable bonds is 1. The van der Waals surface area contributed by atoms with E-state index < -0.39 is 0 Å². The number of hydrogen-bond donors (Lipinski definition) is 0. The van der Waals surface area contributed by atoms with Gasteiger partial charge in [0.1, 0.15) is 0 Å². The van der Waals surface area contributed by atoms with Crippen molar-refractivity contribution in [2.45, 2.75) is 12.8 Å². The Balaban J connectivity index is 2.20. The van der Waals surface area contributed by atoms with Crippen molar-refractivity contribution >= 4 is 28.7 Å². The molecule has 3 nitrogen and oxygen atoms in total. The third-order valence-corrected chi connectivity index (χ3v) is 2.59. The highest BCUT2D eigenvalue weighted by molar-refractivity contribution is 6.30. The fraction of sp³-hybridized carbons (Fsp3) is 0.167. The highest BCUT2D eigenvalue weighted by Gasteiger charge is 2.11. The summed E-state index contributed by atoms with van der Waals surface area (Å²) >= 11 is 5.79. The summed E-state index contributed by atoms with van der Waals surface area (Å²) in [6.07, 6.45) is 5.16. The Labute approximate surface area is 98.7 Å². The molecule has 0 aliphatic heterocycles. The smallest absolute Gasteiger partial charge is 0.292 e. The maximum Gasteiger partial charge on any atom is 0.292 e. The lowest BCUT2D eigenvalue weighted by Gasteiger charge is -2.03. The highest BCUT2D eigenvalue weighted by Crippen LogP contribution is 2.18. The van der Waals surface area contributed by atoms with E-state index in [-0.39, 0.29) is 0 Å². The van der Waals surface area contributed by atoms with Gasteiger partial charge in [0.25, 0.3) is 5.71 Å². The molecule has 0 radical (unpaired) electrons. The van der Waals surface area contributed by atoms with Gasteiger partial charge in [0, 0.05) is 23.2 Å². The van der Waals surface area contributed by atoms with Crippen molar-refractivity contribution in [3.05, 3.63) is 47.0 Å². The molecule has 0 aromatic heterocycles. The van der Waals surface area contributed by atoms with Gasteiger partial charge in [-0.2, -0.15) is 4.79 Å². The first-order valence-corrected chi connectivity index (χ1v) is 5.38. The summed E-state index contributed by atoms with van der Waals surface area (Å²) < 4.78 is 0. The molecule has 0 saturated carbocycles. The van der Waals surface area contributed by atoms with Crippen molar-refractivity contribution in [1.82, 2.24) is 0 Å². The zero-order chi connectivity index (χ0) is 11.4. The largest absolute Gasteiger partial charge is 0.361 e. The number of aliphatic imine (C=N–C) groups is 1. The van der Waals surface area contributed by atoms with Crippen molar-refractivity contribution in [2.24, 2.45) is 4.99 Å². The molecule has 0 unspecified atom stereocenters. The molecular weight excluding hydrogens is 222 g/mol. The van der Waals surface area contributed by atoms with Crippen LogP contribution in [0.5, 0.6) is 0 Å². The lowest BCUT2D eigenvalue weighted by atomic mass is 10.0. The molecule has 1 aromatic carbocycles. The first kappa shape index (κ1) is 10.8. The van der Waals surface area contributed by atoms with Crippen LogP contribution in [0.25, 0.3) is 5.53 Å². The van der Waals surface area contributed by atoms with Crippen LogP contribution in [0.3, 0.4) is 0 Å². The zero-order valence-electron chi connectivity index (χ0n) is 8.60. The highest BCUT2D eigenvalue weighted by atomic mass is 35.5. The van der Waals surface area contributed by atoms with E-state index in [0.717, 1.165) is 24.2 Å². The first-order valence-electron chi connectivity index (χ1n) is 5.00. The average Bonchev–Trinajstić information content (AvgIpc) is 2.33. The van der Waals surface area contributed by atoms with Crippen LogP contribution in [0.1, 0.15) is 12.8 Å². The Kier molecular flexibility index (Phi) is 3.30. The van der Waals surface area contributed by atoms with Gasteiger partial charge in [0.2, 0.25) is 0 Å². The van der Waals surface area contributed by atoms with Crippen molar-refractivity contribution in [2.75, 3.05) is 0 Å². The minimum Gasteiger partial charge on any atom is -0.361 e. The van der Waals surface area contributed by atoms with E-state index in [9.17, 15) is 0 Å². The Morgan fingerprint density at radius 2 is 1.88 bits per heavy atom. The minimum absolute atomic E-state index is 0.690. The van der Waals surface area contributed by atoms with Gasteiger partial charge in [-0.05, 0) is 30.3 Å². The topological polar surface area (TPSA) is 48.8 Å². The predicted octanol–water partition coefficient (Wildman–Crippen LogP) is 3.43. The fourth-order valence-electron chi connectivity index (χ4n) is 1.47. The molecule has 0 bridgehead atoms. The van der Waals surface area contributed by atoms with Crippen molar-refractivity contribution in [3.63, 3.8) is 0 Å². The van der Waals surface area contributed by atoms with Crippen LogP contribution in [0.15, 0.2) is 41.4 Å². The summed E-state index contributed by atoms with van der Waals surface area (Å²) in [6.45, 7) is 0. The number of allylic oxidation sites excluding steroid dienone is 2. The van der Waals surface area contributed by atoms with E-state index in [4.69, 9.17) is 17.1 Å². The van der Waals surface area contributed by atoms with Crippen LogP contribution in [0.4, 0.5) is 5.69 Å². The van der Waals surface area contributed by atoms with Crippen LogP contribution >= 0.6 is 11.6 Å². The molecule has 16 heavy (non-hydrogen) atoms. The molecule has 1 aliphatic carbocycles. The van der Waals surface area contributed by atoms with Gasteiger partial charge in [-0.1, -0.05) is 11.6 Å². The summed E-state index contributed by atoms with van der Waals surface area (Å²) in [5.41, 5.74) is 11.1. The summed E-state index contributed by atoms with van der Waals surface area (Å²) in [4.78, 5) is 7.62. The van der Waals surface area contributed by atoms with Gasteiger partial charge in [-0.15, -0.1) is 0 Å². The molecule has 0 fully saturated rings. The Morgan fingerprint density at radius 3 is 2.44 bits per heavy atom. The van der Waals surface area contributed by atoms with Gasteiger partial charge < -0.3 is 5.53 Å². The predicted molar refractivity (Wildman–Crippen MR) is 65.5 cm³/mol. The SMILES string of the molecule is [N-]=[N+]=C1C=CC(=Nc2ccc(Cl)cc2)CC1. The molecule has 4 heteroatoms. The van der Waals surface area contributed by atoms with Crippen LogP contribution in [0.2, 0.25) is 5.02 Å². The molecular formula is C12H10ClN3. The second kappa shape index (κ2) is 4.88. The summed E-state index contributed by atoms with van der Waals surface area (Å²) in [5.74, 6) is 0. The third-order valence-electron chi connectivity index (χ3n) is 2.33. The summed E-state index contributed by atoms with van der Waals surface area (Å²) in [6, 6.07) is 7.37. The van der Waals surface area contributed by atoms with Gasteiger partial charge in [-0.3, -0.25) is 4.99 Å². The number of nitrogens with zero attached hydrogens (tertiary/aromatic N) is 3. The number of hydrogen-bond acceptors (Lipinski definition) is 1. The van der Waals surface area contributed by atoms with Crippen molar-refractivity contribution in [3.8, 4) is 0 Å². The monoisotopic (exact) mass is 231 g/mol. The molecule has 80 valence electrons. The zero-order valence-corrected chi connectivity index (χ0v) is 9.35.